The van der Waals surface area contributed by atoms with Gasteiger partial charge < -0.3 is 66.9 Å². The first-order chi connectivity index (χ1) is 23.5. The Labute approximate surface area is 283 Å². The molecule has 0 spiro atoms. The molecule has 48 heavy (non-hydrogen) atoms. The van der Waals surface area contributed by atoms with E-state index in [4.69, 9.17) is 61.6 Å². The fourth-order valence-electron chi connectivity index (χ4n) is 4.08. The van der Waals surface area contributed by atoms with E-state index in [1.54, 1.807) is 7.11 Å². The molecule has 14 nitrogen and oxygen atoms in total. The van der Waals surface area contributed by atoms with Crippen LogP contribution >= 0.6 is 0 Å². The van der Waals surface area contributed by atoms with Crippen LogP contribution in [0.3, 0.4) is 0 Å². The molecule has 1 saturated heterocycles. The summed E-state index contributed by atoms with van der Waals surface area (Å²) in [6.07, 6.45) is -4.57. The van der Waals surface area contributed by atoms with Crippen molar-refractivity contribution in [3.8, 4) is 0 Å². The van der Waals surface area contributed by atoms with Gasteiger partial charge in [-0.05, 0) is 25.9 Å². The fourth-order valence-corrected chi connectivity index (χ4v) is 4.08. The fraction of sp³-hybridized carbons (Fsp3) is 1.00. The molecule has 0 atom stereocenters. The number of methoxy groups -OCH3 is 1. The average molecular weight is 712 g/mol. The summed E-state index contributed by atoms with van der Waals surface area (Å²) in [5.41, 5.74) is -2.08. The lowest BCUT2D eigenvalue weighted by Crippen LogP contribution is -2.54. The number of nitrogens with one attached hydrogen (secondary N) is 1. The molecule has 1 fully saturated rings. The van der Waals surface area contributed by atoms with Crippen LogP contribution in [0.15, 0.2) is 0 Å². The molecule has 0 saturated carbocycles. The Balaban J connectivity index is 1.67. The molecule has 0 aromatic rings. The summed E-state index contributed by atoms with van der Waals surface area (Å²) in [4.78, 5) is 0. The Hall–Kier alpha value is -0.770. The first-order valence-electron chi connectivity index (χ1n) is 16.8. The summed E-state index contributed by atoms with van der Waals surface area (Å²) in [7, 11) is 1.64. The van der Waals surface area contributed by atoms with E-state index >= 15 is 0 Å². The molecule has 0 radical (unpaired) electrons. The van der Waals surface area contributed by atoms with Crippen LogP contribution in [0.5, 0.6) is 0 Å². The van der Waals surface area contributed by atoms with Gasteiger partial charge in [-0.2, -0.15) is 13.2 Å². The maximum Gasteiger partial charge on any atom is 0.417 e. The highest BCUT2D eigenvalue weighted by Gasteiger charge is 2.56. The molecule has 1 rings (SSSR count). The Morgan fingerprint density at radius 1 is 0.396 bits per heavy atom. The Morgan fingerprint density at radius 2 is 0.625 bits per heavy atom. The highest BCUT2D eigenvalue weighted by Crippen LogP contribution is 2.40. The second-order valence-electron chi connectivity index (χ2n) is 10.3. The van der Waals surface area contributed by atoms with E-state index in [9.17, 15) is 13.2 Å². The maximum atomic E-state index is 13.4. The number of rotatable bonds is 37. The lowest BCUT2D eigenvalue weighted by molar-refractivity contribution is -0.287. The highest BCUT2D eigenvalue weighted by atomic mass is 19.4. The Morgan fingerprint density at radius 3 is 0.854 bits per heavy atom. The van der Waals surface area contributed by atoms with Crippen molar-refractivity contribution in [2.24, 2.45) is 0 Å². The van der Waals surface area contributed by atoms with Gasteiger partial charge in [-0.15, -0.1) is 0 Å². The van der Waals surface area contributed by atoms with Crippen molar-refractivity contribution >= 4 is 0 Å². The van der Waals surface area contributed by atoms with E-state index in [0.29, 0.717) is 139 Å². The third-order valence-corrected chi connectivity index (χ3v) is 6.69. The zero-order valence-electron chi connectivity index (χ0n) is 28.7. The predicted octanol–water partition coefficient (Wildman–Crippen LogP) is 1.52. The van der Waals surface area contributed by atoms with Crippen LogP contribution < -0.4 is 5.32 Å². The van der Waals surface area contributed by atoms with Gasteiger partial charge in [-0.25, -0.2) is 0 Å². The standard InChI is InChI=1S/C31H60F3NO13/c1-36-6-7-37-8-9-38-10-11-39-12-13-40-14-15-41-16-17-42-18-19-43-20-21-44-22-23-45-24-25-46-26-27-47-28-29-48-30(31(32,33)34)2-4-35-5-3-30/h35H,2-29H2,1H3. The monoisotopic (exact) mass is 711 g/mol. The maximum absolute atomic E-state index is 13.4. The minimum absolute atomic E-state index is 0.0783. The van der Waals surface area contributed by atoms with Gasteiger partial charge in [0.2, 0.25) is 0 Å². The van der Waals surface area contributed by atoms with Crippen molar-refractivity contribution in [2.75, 3.05) is 179 Å². The molecule has 1 N–H and O–H groups in total. The molecule has 1 heterocycles. The molecule has 0 aliphatic carbocycles. The summed E-state index contributed by atoms with van der Waals surface area (Å²) in [6.45, 7) is 10.8. The first-order valence-corrected chi connectivity index (χ1v) is 16.8. The number of hydrogen-bond acceptors (Lipinski definition) is 14. The summed E-state index contributed by atoms with van der Waals surface area (Å²) >= 11 is 0. The van der Waals surface area contributed by atoms with E-state index in [0.717, 1.165) is 0 Å². The topological polar surface area (TPSA) is 132 Å². The Bertz CT molecular complexity index is 666. The van der Waals surface area contributed by atoms with Crippen LogP contribution in [0, 0.1) is 0 Å². The minimum atomic E-state index is -4.39. The predicted molar refractivity (Wildman–Crippen MR) is 168 cm³/mol. The van der Waals surface area contributed by atoms with Crippen LogP contribution in [-0.2, 0) is 61.6 Å². The van der Waals surface area contributed by atoms with Gasteiger partial charge in [-0.3, -0.25) is 0 Å². The molecular formula is C31H60F3NO13. The van der Waals surface area contributed by atoms with Gasteiger partial charge in [0.05, 0.1) is 159 Å². The number of halogens is 3. The third-order valence-electron chi connectivity index (χ3n) is 6.69. The second kappa shape index (κ2) is 33.4. The molecule has 1 aliphatic rings. The zero-order chi connectivity index (χ0) is 34.7. The van der Waals surface area contributed by atoms with Crippen molar-refractivity contribution < 1.29 is 74.8 Å². The lowest BCUT2D eigenvalue weighted by Gasteiger charge is -2.38. The van der Waals surface area contributed by atoms with E-state index in [-0.39, 0.29) is 45.8 Å². The van der Waals surface area contributed by atoms with E-state index in [1.807, 2.05) is 0 Å². The van der Waals surface area contributed by atoms with E-state index in [2.05, 4.69) is 5.32 Å². The second-order valence-corrected chi connectivity index (χ2v) is 10.3. The van der Waals surface area contributed by atoms with Crippen LogP contribution in [0.2, 0.25) is 0 Å². The third kappa shape index (κ3) is 27.0. The van der Waals surface area contributed by atoms with Crippen molar-refractivity contribution in [1.29, 1.82) is 0 Å². The number of ether oxygens (including phenoxy) is 13. The summed E-state index contributed by atoms with van der Waals surface area (Å²) in [5.74, 6) is 0. The van der Waals surface area contributed by atoms with Crippen LogP contribution in [0.1, 0.15) is 12.8 Å². The highest BCUT2D eigenvalue weighted by molar-refractivity contribution is 4.93. The number of piperidine rings is 1. The molecule has 17 heteroatoms. The Kier molecular flexibility index (Phi) is 31.5. The molecule has 0 aromatic carbocycles. The van der Waals surface area contributed by atoms with Crippen molar-refractivity contribution in [3.05, 3.63) is 0 Å². The van der Waals surface area contributed by atoms with Crippen molar-refractivity contribution in [3.63, 3.8) is 0 Å². The normalized spacial score (nSPS) is 15.0. The van der Waals surface area contributed by atoms with Gasteiger partial charge in [0.25, 0.3) is 0 Å². The summed E-state index contributed by atoms with van der Waals surface area (Å²) < 4.78 is 110. The van der Waals surface area contributed by atoms with Gasteiger partial charge >= 0.3 is 6.18 Å². The number of alkyl halides is 3. The lowest BCUT2D eigenvalue weighted by atomic mass is 9.91. The van der Waals surface area contributed by atoms with Crippen LogP contribution in [0.25, 0.3) is 0 Å². The summed E-state index contributed by atoms with van der Waals surface area (Å²) in [5, 5.41) is 2.92. The van der Waals surface area contributed by atoms with Crippen molar-refractivity contribution in [1.82, 2.24) is 5.32 Å². The van der Waals surface area contributed by atoms with Crippen LogP contribution in [-0.4, -0.2) is 191 Å². The first kappa shape index (κ1) is 45.3. The van der Waals surface area contributed by atoms with Gasteiger partial charge in [0.1, 0.15) is 0 Å². The average Bonchev–Trinajstić information content (AvgIpc) is 3.08. The van der Waals surface area contributed by atoms with Crippen molar-refractivity contribution in [2.45, 2.75) is 24.6 Å². The molecular weight excluding hydrogens is 651 g/mol. The van der Waals surface area contributed by atoms with Gasteiger partial charge in [-0.1, -0.05) is 0 Å². The smallest absolute Gasteiger partial charge is 0.382 e. The van der Waals surface area contributed by atoms with E-state index in [1.165, 1.54) is 0 Å². The van der Waals surface area contributed by atoms with Gasteiger partial charge in [0, 0.05) is 7.11 Å². The molecule has 288 valence electrons. The molecule has 1 aliphatic heterocycles. The minimum Gasteiger partial charge on any atom is -0.382 e. The van der Waals surface area contributed by atoms with Gasteiger partial charge in [0.15, 0.2) is 5.60 Å². The zero-order valence-corrected chi connectivity index (χ0v) is 28.7. The molecule has 0 aromatic heterocycles. The van der Waals surface area contributed by atoms with Crippen LogP contribution in [0.4, 0.5) is 13.2 Å². The quantitative estimate of drug-likeness (QED) is 0.0935. The molecule has 0 bridgehead atoms. The summed E-state index contributed by atoms with van der Waals surface area (Å²) in [6, 6.07) is 0. The molecule has 0 amide bonds. The molecule has 0 unspecified atom stereocenters. The number of hydrogen-bond donors (Lipinski definition) is 1. The van der Waals surface area contributed by atoms with E-state index < -0.39 is 11.8 Å². The SMILES string of the molecule is COCCOCCOCCOCCOCCOCCOCCOCCOCCOCCOCCOCCOC1(C(F)(F)F)CCNCC1. The largest absolute Gasteiger partial charge is 0.417 e.